The Morgan fingerprint density at radius 2 is 1.60 bits per heavy atom. The number of carbonyl (C=O) groups is 1. The molecule has 0 bridgehead atoms. The Hall–Kier alpha value is -3.07. The highest BCUT2D eigenvalue weighted by atomic mass is 16.5. The van der Waals surface area contributed by atoms with Crippen LogP contribution in [0.2, 0.25) is 0 Å². The molecule has 3 aromatic carbocycles. The summed E-state index contributed by atoms with van der Waals surface area (Å²) in [7, 11) is 3.52. The van der Waals surface area contributed by atoms with E-state index < -0.39 is 0 Å². The Bertz CT molecular complexity index is 857. The van der Waals surface area contributed by atoms with Gasteiger partial charge < -0.3 is 9.64 Å². The van der Waals surface area contributed by atoms with Gasteiger partial charge in [0.25, 0.3) is 5.91 Å². The van der Waals surface area contributed by atoms with Crippen molar-refractivity contribution in [3.8, 4) is 16.9 Å². The molecule has 0 aromatic heterocycles. The highest BCUT2D eigenvalue weighted by molar-refractivity contribution is 5.95. The number of nitrogens with zero attached hydrogens (tertiary/aromatic N) is 1. The zero-order valence-electron chi connectivity index (χ0n) is 14.5. The fourth-order valence-corrected chi connectivity index (χ4v) is 2.68. The van der Waals surface area contributed by atoms with Gasteiger partial charge in [0.15, 0.2) is 0 Å². The lowest BCUT2D eigenvalue weighted by Crippen LogP contribution is -2.21. The number of rotatable bonds is 5. The van der Waals surface area contributed by atoms with Crippen LogP contribution in [0.3, 0.4) is 0 Å². The molecule has 0 radical (unpaired) electrons. The summed E-state index contributed by atoms with van der Waals surface area (Å²) in [4.78, 5) is 13.8. The third kappa shape index (κ3) is 4.07. The minimum Gasteiger partial charge on any atom is -0.489 e. The minimum absolute atomic E-state index is 0.000123. The third-order valence-electron chi connectivity index (χ3n) is 3.98. The maximum atomic E-state index is 12.2. The van der Waals surface area contributed by atoms with Crippen molar-refractivity contribution in [3.05, 3.63) is 90.0 Å². The molecule has 0 aliphatic rings. The summed E-state index contributed by atoms with van der Waals surface area (Å²) < 4.78 is 5.89. The summed E-state index contributed by atoms with van der Waals surface area (Å²) in [6.45, 7) is 0.478. The van der Waals surface area contributed by atoms with Crippen molar-refractivity contribution < 1.29 is 9.53 Å². The number of hydrogen-bond acceptors (Lipinski definition) is 2. The molecule has 25 heavy (non-hydrogen) atoms. The summed E-state index contributed by atoms with van der Waals surface area (Å²) in [6, 6.07) is 25.6. The van der Waals surface area contributed by atoms with Crippen LogP contribution in [0.5, 0.6) is 5.75 Å². The van der Waals surface area contributed by atoms with E-state index in [9.17, 15) is 4.79 Å². The van der Waals surface area contributed by atoms with E-state index in [-0.39, 0.29) is 5.91 Å². The van der Waals surface area contributed by atoms with Crippen LogP contribution in [0.15, 0.2) is 78.9 Å². The molecule has 3 aromatic rings. The summed E-state index contributed by atoms with van der Waals surface area (Å²) >= 11 is 0. The lowest BCUT2D eigenvalue weighted by Gasteiger charge is -2.14. The average Bonchev–Trinajstić information content (AvgIpc) is 2.67. The number of para-hydroxylation sites is 1. The predicted octanol–water partition coefficient (Wildman–Crippen LogP) is 4.63. The van der Waals surface area contributed by atoms with E-state index in [0.29, 0.717) is 12.2 Å². The molecule has 0 spiro atoms. The van der Waals surface area contributed by atoms with Crippen molar-refractivity contribution in [3.63, 3.8) is 0 Å². The number of hydrogen-bond donors (Lipinski definition) is 0. The first-order valence-electron chi connectivity index (χ1n) is 8.23. The number of carbonyl (C=O) groups excluding carboxylic acids is 1. The number of ether oxygens (including phenoxy) is 1. The topological polar surface area (TPSA) is 29.5 Å². The van der Waals surface area contributed by atoms with E-state index >= 15 is 0 Å². The maximum absolute atomic E-state index is 12.2. The van der Waals surface area contributed by atoms with Crippen LogP contribution in [-0.2, 0) is 6.61 Å². The van der Waals surface area contributed by atoms with Crippen molar-refractivity contribution in [1.29, 1.82) is 0 Å². The second-order valence-corrected chi connectivity index (χ2v) is 6.04. The normalized spacial score (nSPS) is 10.3. The Kier molecular flexibility index (Phi) is 5.14. The van der Waals surface area contributed by atoms with Gasteiger partial charge in [-0.05, 0) is 41.0 Å². The Morgan fingerprint density at radius 3 is 2.36 bits per heavy atom. The lowest BCUT2D eigenvalue weighted by atomic mass is 9.98. The third-order valence-corrected chi connectivity index (χ3v) is 3.98. The number of benzene rings is 3. The van der Waals surface area contributed by atoms with Crippen molar-refractivity contribution in [2.75, 3.05) is 14.1 Å². The van der Waals surface area contributed by atoms with E-state index in [1.165, 1.54) is 0 Å². The molecule has 0 atom stereocenters. The Labute approximate surface area is 148 Å². The molecule has 0 saturated heterocycles. The lowest BCUT2D eigenvalue weighted by molar-refractivity contribution is 0.0827. The first-order valence-corrected chi connectivity index (χ1v) is 8.23. The highest BCUT2D eigenvalue weighted by Crippen LogP contribution is 2.26. The van der Waals surface area contributed by atoms with Crippen molar-refractivity contribution in [1.82, 2.24) is 4.90 Å². The fourth-order valence-electron chi connectivity index (χ4n) is 2.68. The van der Waals surface area contributed by atoms with E-state index in [0.717, 1.165) is 22.4 Å². The molecule has 0 unspecified atom stereocenters. The smallest absolute Gasteiger partial charge is 0.253 e. The maximum Gasteiger partial charge on any atom is 0.253 e. The summed E-state index contributed by atoms with van der Waals surface area (Å²) in [5.74, 6) is 0.841. The van der Waals surface area contributed by atoms with E-state index in [4.69, 9.17) is 4.74 Å². The van der Waals surface area contributed by atoms with Gasteiger partial charge in [-0.1, -0.05) is 54.6 Å². The Balaban J connectivity index is 1.88. The molecule has 0 N–H and O–H groups in total. The van der Waals surface area contributed by atoms with Crippen molar-refractivity contribution in [2.24, 2.45) is 0 Å². The molecule has 0 aliphatic carbocycles. The summed E-state index contributed by atoms with van der Waals surface area (Å²) in [5.41, 5.74) is 3.86. The van der Waals surface area contributed by atoms with Gasteiger partial charge >= 0.3 is 0 Å². The first-order chi connectivity index (χ1) is 12.1. The van der Waals surface area contributed by atoms with Crippen LogP contribution in [-0.4, -0.2) is 24.9 Å². The van der Waals surface area contributed by atoms with Crippen LogP contribution < -0.4 is 4.74 Å². The molecule has 126 valence electrons. The van der Waals surface area contributed by atoms with E-state index in [2.05, 4.69) is 12.1 Å². The molecule has 0 aliphatic heterocycles. The van der Waals surface area contributed by atoms with Gasteiger partial charge in [-0.15, -0.1) is 0 Å². The molecule has 0 fully saturated rings. The van der Waals surface area contributed by atoms with Crippen molar-refractivity contribution in [2.45, 2.75) is 6.61 Å². The minimum atomic E-state index is -0.000123. The van der Waals surface area contributed by atoms with Crippen LogP contribution in [0.4, 0.5) is 0 Å². The van der Waals surface area contributed by atoms with Gasteiger partial charge in [-0.2, -0.15) is 0 Å². The zero-order valence-corrected chi connectivity index (χ0v) is 14.5. The molecule has 0 saturated carbocycles. The van der Waals surface area contributed by atoms with E-state index in [1.807, 2.05) is 66.7 Å². The van der Waals surface area contributed by atoms with Gasteiger partial charge in [-0.3, -0.25) is 4.79 Å². The summed E-state index contributed by atoms with van der Waals surface area (Å²) in [6.07, 6.45) is 0. The molecule has 3 rings (SSSR count). The standard InChI is InChI=1S/C22H21NO2/c1-23(2)22(24)18-11-8-10-17(15-18)21-14-7-6-9-19(21)16-25-20-12-4-3-5-13-20/h3-15H,16H2,1-2H3. The molecule has 3 heteroatoms. The SMILES string of the molecule is CN(C)C(=O)c1cccc(-c2ccccc2COc2ccccc2)c1. The zero-order chi connectivity index (χ0) is 17.6. The van der Waals surface area contributed by atoms with Gasteiger partial charge in [-0.25, -0.2) is 0 Å². The van der Waals surface area contributed by atoms with Crippen LogP contribution in [0, 0.1) is 0 Å². The van der Waals surface area contributed by atoms with E-state index in [1.54, 1.807) is 19.0 Å². The highest BCUT2D eigenvalue weighted by Gasteiger charge is 2.11. The van der Waals surface area contributed by atoms with Gasteiger partial charge in [0, 0.05) is 19.7 Å². The molecular weight excluding hydrogens is 310 g/mol. The largest absolute Gasteiger partial charge is 0.489 e. The van der Waals surface area contributed by atoms with Crippen LogP contribution in [0.25, 0.3) is 11.1 Å². The molecule has 1 amide bonds. The monoisotopic (exact) mass is 331 g/mol. The van der Waals surface area contributed by atoms with Gasteiger partial charge in [0.2, 0.25) is 0 Å². The van der Waals surface area contributed by atoms with Crippen LogP contribution in [0.1, 0.15) is 15.9 Å². The summed E-state index contributed by atoms with van der Waals surface area (Å²) in [5, 5.41) is 0. The van der Waals surface area contributed by atoms with Gasteiger partial charge in [0.05, 0.1) is 0 Å². The average molecular weight is 331 g/mol. The van der Waals surface area contributed by atoms with Crippen LogP contribution >= 0.6 is 0 Å². The molecule has 0 heterocycles. The van der Waals surface area contributed by atoms with Gasteiger partial charge in [0.1, 0.15) is 12.4 Å². The second-order valence-electron chi connectivity index (χ2n) is 6.04. The van der Waals surface area contributed by atoms with Crippen molar-refractivity contribution >= 4 is 5.91 Å². The number of amides is 1. The second kappa shape index (κ2) is 7.67. The Morgan fingerprint density at radius 1 is 0.880 bits per heavy atom. The fraction of sp³-hybridized carbons (Fsp3) is 0.136. The molecule has 3 nitrogen and oxygen atoms in total. The predicted molar refractivity (Wildman–Crippen MR) is 101 cm³/mol. The first kappa shape index (κ1) is 16.8. The quantitative estimate of drug-likeness (QED) is 0.682. The molecular formula is C22H21NO2.